The van der Waals surface area contributed by atoms with Gasteiger partial charge in [0, 0.05) is 11.8 Å². The van der Waals surface area contributed by atoms with Crippen molar-refractivity contribution in [3.63, 3.8) is 0 Å². The lowest BCUT2D eigenvalue weighted by molar-refractivity contribution is -0.129. The number of hydrogen-bond acceptors (Lipinski definition) is 4. The van der Waals surface area contributed by atoms with Crippen LogP contribution in [0.15, 0.2) is 96.6 Å². The Morgan fingerprint density at radius 3 is 1.73 bits per heavy atom. The molecule has 6 nitrogen and oxygen atoms in total. The molecule has 220 valence electrons. The maximum atomic E-state index is 14.4. The van der Waals surface area contributed by atoms with E-state index in [1.807, 2.05) is 66.7 Å². The van der Waals surface area contributed by atoms with Gasteiger partial charge >= 0.3 is 0 Å². The maximum absolute atomic E-state index is 14.4. The number of nitrogens with zero attached hydrogens (tertiary/aromatic N) is 2. The van der Waals surface area contributed by atoms with Crippen LogP contribution in [0.3, 0.4) is 0 Å². The van der Waals surface area contributed by atoms with Crippen LogP contribution in [0.2, 0.25) is 0 Å². The SMILES string of the molecule is CCc1ccc(N2C(=O)[C@@H]3[C@H]4C=C[C@@H](C5=C(c6ccccc6)C[C@@H]6C(=O)N(c7ccc(CC)cc7)C(=O)[C@H]6[C@H]54)[C@H]3C2=O)cc1. The number of carbonyl (C=O) groups excluding carboxylic acids is 4. The minimum atomic E-state index is -0.574. The fourth-order valence-corrected chi connectivity index (χ4v) is 8.79. The summed E-state index contributed by atoms with van der Waals surface area (Å²) in [4.78, 5) is 59.6. The number of rotatable bonds is 5. The molecule has 0 spiro atoms. The molecule has 0 unspecified atom stereocenters. The smallest absolute Gasteiger partial charge is 0.238 e. The molecule has 9 rings (SSSR count). The first-order valence-electron chi connectivity index (χ1n) is 15.8. The highest BCUT2D eigenvalue weighted by atomic mass is 16.2. The molecule has 44 heavy (non-hydrogen) atoms. The van der Waals surface area contributed by atoms with E-state index in [-0.39, 0.29) is 41.4 Å². The van der Waals surface area contributed by atoms with Gasteiger partial charge in [-0.3, -0.25) is 29.0 Å². The van der Waals surface area contributed by atoms with Gasteiger partial charge in [0.15, 0.2) is 0 Å². The minimum absolute atomic E-state index is 0.171. The van der Waals surface area contributed by atoms with E-state index in [4.69, 9.17) is 0 Å². The van der Waals surface area contributed by atoms with Gasteiger partial charge in [-0.25, -0.2) is 0 Å². The van der Waals surface area contributed by atoms with Crippen molar-refractivity contribution in [2.75, 3.05) is 9.80 Å². The average molecular weight is 583 g/mol. The first kappa shape index (κ1) is 27.0. The molecule has 4 aliphatic carbocycles. The number of benzene rings is 3. The third-order valence-corrected chi connectivity index (χ3v) is 10.8. The predicted octanol–water partition coefficient (Wildman–Crippen LogP) is 6.01. The van der Waals surface area contributed by atoms with Crippen molar-refractivity contribution < 1.29 is 19.2 Å². The Kier molecular flexibility index (Phi) is 6.12. The number of carbonyl (C=O) groups is 4. The van der Waals surface area contributed by atoms with Crippen molar-refractivity contribution in [2.24, 2.45) is 41.4 Å². The number of hydrogen-bond donors (Lipinski definition) is 0. The molecular weight excluding hydrogens is 548 g/mol. The molecule has 2 heterocycles. The molecule has 1 saturated carbocycles. The van der Waals surface area contributed by atoms with Crippen LogP contribution in [-0.4, -0.2) is 23.6 Å². The maximum Gasteiger partial charge on any atom is 0.238 e. The van der Waals surface area contributed by atoms with Crippen LogP contribution < -0.4 is 9.80 Å². The second-order valence-electron chi connectivity index (χ2n) is 12.8. The van der Waals surface area contributed by atoms with Gasteiger partial charge in [0.1, 0.15) is 0 Å². The molecule has 2 bridgehead atoms. The fourth-order valence-electron chi connectivity index (χ4n) is 8.79. The molecule has 2 aliphatic heterocycles. The van der Waals surface area contributed by atoms with E-state index in [0.29, 0.717) is 17.8 Å². The molecule has 3 aromatic rings. The summed E-state index contributed by atoms with van der Waals surface area (Å²) < 4.78 is 0. The van der Waals surface area contributed by atoms with Crippen LogP contribution in [0.5, 0.6) is 0 Å². The number of fused-ring (bicyclic) bond motifs is 1. The summed E-state index contributed by atoms with van der Waals surface area (Å²) in [5.74, 6) is -3.89. The lowest BCUT2D eigenvalue weighted by atomic mass is 9.49. The van der Waals surface area contributed by atoms with Crippen molar-refractivity contribution in [3.05, 3.63) is 113 Å². The zero-order valence-corrected chi connectivity index (χ0v) is 24.9. The van der Waals surface area contributed by atoms with E-state index in [1.54, 1.807) is 0 Å². The van der Waals surface area contributed by atoms with Crippen LogP contribution in [0.25, 0.3) is 5.57 Å². The van der Waals surface area contributed by atoms with Gasteiger partial charge in [-0.05, 0) is 71.7 Å². The van der Waals surface area contributed by atoms with Crippen LogP contribution >= 0.6 is 0 Å². The first-order valence-corrected chi connectivity index (χ1v) is 15.8. The summed E-state index contributed by atoms with van der Waals surface area (Å²) in [6.45, 7) is 4.14. The van der Waals surface area contributed by atoms with Gasteiger partial charge < -0.3 is 0 Å². The molecule has 6 heteroatoms. The third kappa shape index (κ3) is 3.66. The lowest BCUT2D eigenvalue weighted by Gasteiger charge is -2.51. The second kappa shape index (κ2) is 9.98. The highest BCUT2D eigenvalue weighted by Gasteiger charge is 2.67. The van der Waals surface area contributed by atoms with Crippen LogP contribution in [-0.2, 0) is 32.0 Å². The minimum Gasteiger partial charge on any atom is -0.274 e. The van der Waals surface area contributed by atoms with Gasteiger partial charge in [-0.1, -0.05) is 86.2 Å². The van der Waals surface area contributed by atoms with Gasteiger partial charge in [0.2, 0.25) is 23.6 Å². The summed E-state index contributed by atoms with van der Waals surface area (Å²) >= 11 is 0. The van der Waals surface area contributed by atoms with Crippen molar-refractivity contribution in [1.29, 1.82) is 0 Å². The van der Waals surface area contributed by atoms with Gasteiger partial charge in [0.25, 0.3) is 0 Å². The Hall–Kier alpha value is -4.58. The van der Waals surface area contributed by atoms with Crippen molar-refractivity contribution >= 4 is 40.6 Å². The summed E-state index contributed by atoms with van der Waals surface area (Å²) in [5, 5.41) is 0. The Morgan fingerprint density at radius 2 is 1.14 bits per heavy atom. The summed E-state index contributed by atoms with van der Waals surface area (Å²) in [7, 11) is 0. The Bertz CT molecular complexity index is 1770. The molecule has 0 N–H and O–H groups in total. The summed E-state index contributed by atoms with van der Waals surface area (Å²) in [6.07, 6.45) is 6.34. The Morgan fingerprint density at radius 1 is 0.591 bits per heavy atom. The number of anilines is 2. The van der Waals surface area contributed by atoms with E-state index in [2.05, 4.69) is 38.1 Å². The van der Waals surface area contributed by atoms with E-state index >= 15 is 0 Å². The van der Waals surface area contributed by atoms with Crippen molar-refractivity contribution in [3.8, 4) is 0 Å². The van der Waals surface area contributed by atoms with E-state index < -0.39 is 23.7 Å². The highest BCUT2D eigenvalue weighted by Crippen LogP contribution is 2.63. The van der Waals surface area contributed by atoms with Crippen LogP contribution in [0.4, 0.5) is 11.4 Å². The van der Waals surface area contributed by atoms with E-state index in [9.17, 15) is 19.2 Å². The summed E-state index contributed by atoms with van der Waals surface area (Å²) in [6, 6.07) is 25.4. The molecule has 0 aromatic heterocycles. The molecule has 2 saturated heterocycles. The predicted molar refractivity (Wildman–Crippen MR) is 168 cm³/mol. The topological polar surface area (TPSA) is 74.8 Å². The monoisotopic (exact) mass is 582 g/mol. The number of allylic oxidation sites excluding steroid dienone is 4. The standard InChI is InChI=1S/C38H34N2O4/c1-3-21-10-14-24(15-11-21)39-35(41)29-20-28(23-8-6-5-7-9-23)30-26-18-19-27(31(30)34(29)38(39)44)33-32(26)36(42)40(37(33)43)25-16-12-22(4-2)13-17-25/h5-19,26-27,29,31-34H,3-4,20H2,1-2H3/t26-,27-,29-,31-,32+,33+,34+/m0/s1. The zero-order valence-electron chi connectivity index (χ0n) is 24.9. The fraction of sp³-hybridized carbons (Fsp3) is 0.316. The normalized spacial score (nSPS) is 30.3. The summed E-state index contributed by atoms with van der Waals surface area (Å²) in [5.41, 5.74) is 6.60. The van der Waals surface area contributed by atoms with Crippen molar-refractivity contribution in [1.82, 2.24) is 0 Å². The van der Waals surface area contributed by atoms with Crippen molar-refractivity contribution in [2.45, 2.75) is 33.1 Å². The first-order chi connectivity index (χ1) is 21.4. The quantitative estimate of drug-likeness (QED) is 0.273. The molecule has 7 atom stereocenters. The molecule has 3 aromatic carbocycles. The highest BCUT2D eigenvalue weighted by molar-refractivity contribution is 6.24. The van der Waals surface area contributed by atoms with Crippen LogP contribution in [0.1, 0.15) is 37.0 Å². The second-order valence-corrected chi connectivity index (χ2v) is 12.8. The third-order valence-electron chi connectivity index (χ3n) is 10.8. The Labute approximate surface area is 257 Å². The van der Waals surface area contributed by atoms with Crippen LogP contribution in [0, 0.1) is 41.4 Å². The number of amides is 4. The van der Waals surface area contributed by atoms with Gasteiger partial charge in [-0.2, -0.15) is 0 Å². The van der Waals surface area contributed by atoms with E-state index in [1.165, 1.54) is 9.80 Å². The largest absolute Gasteiger partial charge is 0.274 e. The molecule has 0 radical (unpaired) electrons. The number of imide groups is 2. The average Bonchev–Trinajstić information content (AvgIpc) is 3.50. The van der Waals surface area contributed by atoms with Gasteiger partial charge in [0.05, 0.1) is 35.0 Å². The lowest BCUT2D eigenvalue weighted by Crippen LogP contribution is -2.51. The van der Waals surface area contributed by atoms with Gasteiger partial charge in [-0.15, -0.1) is 0 Å². The molecular formula is C38H34N2O4. The zero-order chi connectivity index (χ0) is 30.3. The molecule has 3 fully saturated rings. The molecule has 6 aliphatic rings. The van der Waals surface area contributed by atoms with E-state index in [0.717, 1.165) is 40.7 Å². The Balaban J connectivity index is 1.25. The molecule has 4 amide bonds. The number of aryl methyl sites for hydroxylation is 2.